The second-order valence-electron chi connectivity index (χ2n) is 4.68. The van der Waals surface area contributed by atoms with Crippen LogP contribution in [0.25, 0.3) is 0 Å². The largest absolute Gasteiger partial charge is 0.453 e. The Labute approximate surface area is 104 Å². The van der Waals surface area contributed by atoms with E-state index in [0.717, 1.165) is 0 Å². The maximum Gasteiger partial charge on any atom is 0.453 e. The molecule has 1 saturated carbocycles. The fraction of sp³-hybridized carbons (Fsp3) is 1.00. The van der Waals surface area contributed by atoms with E-state index in [1.165, 1.54) is 0 Å². The summed E-state index contributed by atoms with van der Waals surface area (Å²) in [6.45, 7) is -0.0417. The summed E-state index contributed by atoms with van der Waals surface area (Å²) in [5, 5.41) is 0. The van der Waals surface area contributed by atoms with Crippen molar-refractivity contribution in [1.29, 1.82) is 0 Å². The molecular formula is C9H7F11. The molecule has 0 aromatic heterocycles. The number of alkyl halides is 11. The molecule has 0 nitrogen and oxygen atoms in total. The van der Waals surface area contributed by atoms with E-state index in [1.807, 2.05) is 0 Å². The molecule has 1 rings (SSSR count). The second kappa shape index (κ2) is 4.12. The number of halogens is 11. The van der Waals surface area contributed by atoms with Gasteiger partial charge in [0.2, 0.25) is 0 Å². The Morgan fingerprint density at radius 3 is 1.50 bits per heavy atom. The molecule has 0 radical (unpaired) electrons. The van der Waals surface area contributed by atoms with Crippen LogP contribution in [0, 0.1) is 17.3 Å². The van der Waals surface area contributed by atoms with Gasteiger partial charge in [0, 0.05) is 5.92 Å². The summed E-state index contributed by atoms with van der Waals surface area (Å²) in [6, 6.07) is 0. The molecule has 3 atom stereocenters. The van der Waals surface area contributed by atoms with Gasteiger partial charge in [-0.05, 0) is 6.42 Å². The number of hydrogen-bond donors (Lipinski definition) is 0. The molecule has 0 aliphatic heterocycles. The average molecular weight is 324 g/mol. The highest BCUT2D eigenvalue weighted by Crippen LogP contribution is 2.74. The zero-order valence-electron chi connectivity index (χ0n) is 9.52. The van der Waals surface area contributed by atoms with E-state index >= 15 is 0 Å². The van der Waals surface area contributed by atoms with Crippen molar-refractivity contribution in [3.63, 3.8) is 0 Å². The fourth-order valence-corrected chi connectivity index (χ4v) is 2.26. The van der Waals surface area contributed by atoms with Gasteiger partial charge in [0.25, 0.3) is 0 Å². The van der Waals surface area contributed by atoms with E-state index in [4.69, 9.17) is 0 Å². The van der Waals surface area contributed by atoms with E-state index in [1.54, 1.807) is 0 Å². The topological polar surface area (TPSA) is 0 Å². The smallest absolute Gasteiger partial charge is 0.196 e. The zero-order valence-corrected chi connectivity index (χ0v) is 9.52. The molecule has 0 spiro atoms. The molecule has 120 valence electrons. The highest BCUT2D eigenvalue weighted by Gasteiger charge is 2.86. The molecule has 0 N–H and O–H groups in total. The van der Waals surface area contributed by atoms with Gasteiger partial charge in [0.05, 0.1) is 11.3 Å². The van der Waals surface area contributed by atoms with Gasteiger partial charge in [-0.1, -0.05) is 6.92 Å². The van der Waals surface area contributed by atoms with E-state index in [0.29, 0.717) is 0 Å². The van der Waals surface area contributed by atoms with Crippen LogP contribution in [-0.4, -0.2) is 24.5 Å². The van der Waals surface area contributed by atoms with Crippen molar-refractivity contribution in [3.8, 4) is 0 Å². The molecule has 0 saturated heterocycles. The minimum Gasteiger partial charge on any atom is -0.196 e. The van der Waals surface area contributed by atoms with Crippen molar-refractivity contribution in [3.05, 3.63) is 0 Å². The maximum atomic E-state index is 12.9. The van der Waals surface area contributed by atoms with Gasteiger partial charge in [0.1, 0.15) is 0 Å². The van der Waals surface area contributed by atoms with Crippen LogP contribution in [0.1, 0.15) is 13.3 Å². The first kappa shape index (κ1) is 17.3. The van der Waals surface area contributed by atoms with E-state index in [-0.39, 0.29) is 6.92 Å². The van der Waals surface area contributed by atoms with Crippen LogP contribution in [0.5, 0.6) is 0 Å². The Hall–Kier alpha value is -0.770. The van der Waals surface area contributed by atoms with Gasteiger partial charge in [-0.25, -0.2) is 0 Å². The summed E-state index contributed by atoms with van der Waals surface area (Å²) < 4.78 is 137. The van der Waals surface area contributed by atoms with Gasteiger partial charge in [0.15, 0.2) is 0 Å². The first-order chi connectivity index (χ1) is 8.49. The normalized spacial score (nSPS) is 30.3. The van der Waals surface area contributed by atoms with Gasteiger partial charge in [-0.15, -0.1) is 0 Å². The van der Waals surface area contributed by atoms with Crippen LogP contribution < -0.4 is 0 Å². The molecule has 0 aromatic rings. The lowest BCUT2D eigenvalue weighted by Gasteiger charge is -2.31. The molecule has 1 aliphatic rings. The molecule has 0 amide bonds. The standard InChI is InChI=1S/C9H7F11/c1-3(7(12,13)14)5(8(15,16)17)2-4(5)6(10,11)9(18,19)20/h3-4H,2H2,1H3. The first-order valence-corrected chi connectivity index (χ1v) is 5.07. The van der Waals surface area contributed by atoms with Crippen LogP contribution in [0.2, 0.25) is 0 Å². The van der Waals surface area contributed by atoms with E-state index in [9.17, 15) is 48.3 Å². The fourth-order valence-electron chi connectivity index (χ4n) is 2.26. The van der Waals surface area contributed by atoms with Crippen LogP contribution in [-0.2, 0) is 0 Å². The summed E-state index contributed by atoms with van der Waals surface area (Å²) in [4.78, 5) is 0. The molecule has 0 aromatic carbocycles. The molecule has 1 fully saturated rings. The van der Waals surface area contributed by atoms with Gasteiger partial charge < -0.3 is 0 Å². The lowest BCUT2D eigenvalue weighted by molar-refractivity contribution is -0.317. The highest BCUT2D eigenvalue weighted by molar-refractivity contribution is 5.17. The molecule has 1 aliphatic carbocycles. The SMILES string of the molecule is CC(C(F)(F)F)C1(C(F)(F)F)CC1C(F)(F)C(F)(F)F. The lowest BCUT2D eigenvalue weighted by Crippen LogP contribution is -2.47. The van der Waals surface area contributed by atoms with E-state index in [2.05, 4.69) is 0 Å². The van der Waals surface area contributed by atoms with Crippen molar-refractivity contribution in [2.45, 2.75) is 37.8 Å². The third kappa shape index (κ3) is 2.32. The van der Waals surface area contributed by atoms with Crippen molar-refractivity contribution >= 4 is 0 Å². The van der Waals surface area contributed by atoms with Crippen LogP contribution in [0.15, 0.2) is 0 Å². The molecular weight excluding hydrogens is 317 g/mol. The predicted molar refractivity (Wildman–Crippen MR) is 42.8 cm³/mol. The van der Waals surface area contributed by atoms with Crippen LogP contribution in [0.3, 0.4) is 0 Å². The monoisotopic (exact) mass is 324 g/mol. The number of hydrogen-bond acceptors (Lipinski definition) is 0. The van der Waals surface area contributed by atoms with Crippen molar-refractivity contribution in [1.82, 2.24) is 0 Å². The predicted octanol–water partition coefficient (Wildman–Crippen LogP) is 4.95. The zero-order chi connectivity index (χ0) is 16.4. The molecule has 3 unspecified atom stereocenters. The number of rotatable bonds is 2. The molecule has 20 heavy (non-hydrogen) atoms. The summed E-state index contributed by atoms with van der Waals surface area (Å²) >= 11 is 0. The van der Waals surface area contributed by atoms with Crippen LogP contribution in [0.4, 0.5) is 48.3 Å². The Bertz CT molecular complexity index is 373. The third-order valence-electron chi connectivity index (χ3n) is 3.61. The highest BCUT2D eigenvalue weighted by atomic mass is 19.4. The Morgan fingerprint density at radius 1 is 0.850 bits per heavy atom. The Morgan fingerprint density at radius 2 is 1.25 bits per heavy atom. The summed E-state index contributed by atoms with van der Waals surface area (Å²) in [5.74, 6) is -12.7. The average Bonchev–Trinajstić information content (AvgIpc) is 2.88. The van der Waals surface area contributed by atoms with Crippen molar-refractivity contribution in [2.75, 3.05) is 0 Å². The minimum absolute atomic E-state index is 0.0417. The third-order valence-corrected chi connectivity index (χ3v) is 3.61. The quantitative estimate of drug-likeness (QED) is 0.631. The molecule has 11 heteroatoms. The first-order valence-electron chi connectivity index (χ1n) is 5.07. The Balaban J connectivity index is 3.25. The molecule has 0 heterocycles. The van der Waals surface area contributed by atoms with Gasteiger partial charge in [-0.3, -0.25) is 0 Å². The van der Waals surface area contributed by atoms with Crippen molar-refractivity contribution < 1.29 is 48.3 Å². The second-order valence-corrected chi connectivity index (χ2v) is 4.68. The van der Waals surface area contributed by atoms with Gasteiger partial charge >= 0.3 is 24.5 Å². The summed E-state index contributed by atoms with van der Waals surface area (Å²) in [7, 11) is 0. The van der Waals surface area contributed by atoms with Crippen molar-refractivity contribution in [2.24, 2.45) is 17.3 Å². The summed E-state index contributed by atoms with van der Waals surface area (Å²) in [5.41, 5.74) is -4.11. The maximum absolute atomic E-state index is 12.9. The van der Waals surface area contributed by atoms with Crippen LogP contribution >= 0.6 is 0 Å². The Kier molecular flexibility index (Phi) is 3.56. The summed E-state index contributed by atoms with van der Waals surface area (Å²) in [6.07, 6.45) is -19.6. The van der Waals surface area contributed by atoms with Gasteiger partial charge in [-0.2, -0.15) is 48.3 Å². The van der Waals surface area contributed by atoms with E-state index < -0.39 is 48.1 Å². The molecule has 0 bridgehead atoms. The minimum atomic E-state index is -6.34. The lowest BCUT2D eigenvalue weighted by atomic mass is 9.85.